The van der Waals surface area contributed by atoms with Gasteiger partial charge in [0.1, 0.15) is 23.1 Å². The normalized spacial score (nSPS) is 11.4. The zero-order valence-corrected chi connectivity index (χ0v) is 20.8. The number of hydrogen-bond acceptors (Lipinski definition) is 8. The van der Waals surface area contributed by atoms with Crippen molar-refractivity contribution in [2.24, 2.45) is 0 Å². The third-order valence-electron chi connectivity index (χ3n) is 4.95. The van der Waals surface area contributed by atoms with Crippen molar-refractivity contribution in [1.29, 1.82) is 0 Å². The minimum atomic E-state index is -1.63. The van der Waals surface area contributed by atoms with Gasteiger partial charge in [-0.2, -0.15) is 0 Å². The monoisotopic (exact) mass is 497 g/mol. The van der Waals surface area contributed by atoms with Gasteiger partial charge in [-0.3, -0.25) is 18.8 Å². The van der Waals surface area contributed by atoms with E-state index in [1.165, 1.54) is 13.3 Å². The number of pyridine rings is 2. The van der Waals surface area contributed by atoms with Crippen LogP contribution >= 0.6 is 0 Å². The summed E-state index contributed by atoms with van der Waals surface area (Å²) in [7, 11) is 1.45. The number of hydrogen-bond donors (Lipinski definition) is 1. The van der Waals surface area contributed by atoms with Crippen molar-refractivity contribution in [3.63, 3.8) is 0 Å². The summed E-state index contributed by atoms with van der Waals surface area (Å²) in [5.41, 5.74) is 2.50. The quantitative estimate of drug-likeness (QED) is 0.420. The van der Waals surface area contributed by atoms with Crippen molar-refractivity contribution in [3.05, 3.63) is 71.2 Å². The summed E-state index contributed by atoms with van der Waals surface area (Å²) in [4.78, 5) is 33.1. The molecule has 2 heterocycles. The lowest BCUT2D eigenvalue weighted by atomic mass is 10.2. The van der Waals surface area contributed by atoms with Crippen molar-refractivity contribution in [3.8, 4) is 11.5 Å². The number of rotatable bonds is 10. The molecule has 10 heteroatoms. The average Bonchev–Trinajstić information content (AvgIpc) is 2.87. The second-order valence-electron chi connectivity index (χ2n) is 7.48. The van der Waals surface area contributed by atoms with Gasteiger partial charge in [-0.15, -0.1) is 0 Å². The fraction of sp³-hybridized carbons (Fsp3) is 0.280. The number of esters is 1. The van der Waals surface area contributed by atoms with Gasteiger partial charge in [-0.1, -0.05) is 13.0 Å². The molecule has 0 saturated heterocycles. The van der Waals surface area contributed by atoms with Crippen LogP contribution in [-0.4, -0.2) is 40.3 Å². The van der Waals surface area contributed by atoms with Gasteiger partial charge >= 0.3 is 5.97 Å². The highest BCUT2D eigenvalue weighted by atomic mass is 32.2. The van der Waals surface area contributed by atoms with Crippen LogP contribution in [0.4, 0.5) is 5.69 Å². The van der Waals surface area contributed by atoms with Crippen molar-refractivity contribution >= 4 is 28.4 Å². The number of amides is 1. The molecule has 1 amide bonds. The van der Waals surface area contributed by atoms with Gasteiger partial charge in [-0.05, 0) is 37.3 Å². The van der Waals surface area contributed by atoms with E-state index < -0.39 is 16.7 Å². The van der Waals surface area contributed by atoms with E-state index in [1.54, 1.807) is 63.4 Å². The summed E-state index contributed by atoms with van der Waals surface area (Å²) in [5.74, 6) is 0.445. The highest BCUT2D eigenvalue weighted by Gasteiger charge is 2.20. The summed E-state index contributed by atoms with van der Waals surface area (Å²) in [5, 5.41) is 2.96. The van der Waals surface area contributed by atoms with E-state index in [2.05, 4.69) is 15.3 Å². The molecule has 3 aromatic rings. The summed E-state index contributed by atoms with van der Waals surface area (Å²) in [6.07, 6.45) is 1.75. The molecule has 2 aromatic heterocycles. The maximum absolute atomic E-state index is 13.2. The van der Waals surface area contributed by atoms with E-state index in [0.29, 0.717) is 34.1 Å². The smallest absolute Gasteiger partial charge is 0.305 e. The first-order chi connectivity index (χ1) is 16.8. The Morgan fingerprint density at radius 1 is 1.09 bits per heavy atom. The third kappa shape index (κ3) is 6.86. The fourth-order valence-corrected chi connectivity index (χ4v) is 4.51. The van der Waals surface area contributed by atoms with Crippen LogP contribution in [0.25, 0.3) is 0 Å². The van der Waals surface area contributed by atoms with Gasteiger partial charge in [0.25, 0.3) is 5.91 Å². The molecular formula is C25H27N3O6S. The Hall–Kier alpha value is -3.79. The topological polar surface area (TPSA) is 117 Å². The standard InChI is InChI=1S/C25H27N3O6S/c1-5-23(29)34-14-19-12-18(11-16(2)27-19)28-24(30)21-7-6-10-26-25(21)35(31)15-17-8-9-20(32-3)13-22(17)33-4/h6-13H,5,14-15H2,1-4H3,(H,27,28,30). The van der Waals surface area contributed by atoms with Crippen molar-refractivity contribution in [2.45, 2.75) is 37.7 Å². The first kappa shape index (κ1) is 25.8. The van der Waals surface area contributed by atoms with E-state index in [-0.39, 0.29) is 35.3 Å². The van der Waals surface area contributed by atoms with Gasteiger partial charge in [-0.25, -0.2) is 4.98 Å². The summed E-state index contributed by atoms with van der Waals surface area (Å²) in [6, 6.07) is 11.7. The van der Waals surface area contributed by atoms with E-state index in [1.807, 2.05) is 0 Å². The zero-order valence-electron chi connectivity index (χ0n) is 20.0. The van der Waals surface area contributed by atoms with E-state index in [9.17, 15) is 13.8 Å². The molecule has 0 radical (unpaired) electrons. The number of ether oxygens (including phenoxy) is 3. The maximum Gasteiger partial charge on any atom is 0.305 e. The van der Waals surface area contributed by atoms with Gasteiger partial charge in [0, 0.05) is 35.6 Å². The maximum atomic E-state index is 13.2. The number of nitrogens with zero attached hydrogens (tertiary/aromatic N) is 2. The van der Waals surface area contributed by atoms with Crippen LogP contribution in [0.1, 0.15) is 40.7 Å². The number of benzene rings is 1. The Balaban J connectivity index is 1.80. The highest BCUT2D eigenvalue weighted by Crippen LogP contribution is 2.27. The lowest BCUT2D eigenvalue weighted by molar-refractivity contribution is -0.144. The molecule has 1 atom stereocenters. The molecule has 0 aliphatic heterocycles. The Bertz CT molecular complexity index is 1250. The molecule has 0 aliphatic carbocycles. The van der Waals surface area contributed by atoms with E-state index in [4.69, 9.17) is 14.2 Å². The molecule has 0 fully saturated rings. The van der Waals surface area contributed by atoms with Crippen LogP contribution in [0.2, 0.25) is 0 Å². The number of aryl methyl sites for hydroxylation is 1. The molecule has 1 aromatic carbocycles. The molecule has 35 heavy (non-hydrogen) atoms. The minimum Gasteiger partial charge on any atom is -0.497 e. The van der Waals surface area contributed by atoms with Gasteiger partial charge in [0.15, 0.2) is 0 Å². The van der Waals surface area contributed by atoms with Crippen LogP contribution in [-0.2, 0) is 32.7 Å². The average molecular weight is 498 g/mol. The van der Waals surface area contributed by atoms with E-state index in [0.717, 1.165) is 0 Å². The van der Waals surface area contributed by atoms with Crippen LogP contribution < -0.4 is 14.8 Å². The Morgan fingerprint density at radius 2 is 1.89 bits per heavy atom. The molecule has 3 rings (SSSR count). The van der Waals surface area contributed by atoms with Crippen LogP contribution in [0.5, 0.6) is 11.5 Å². The van der Waals surface area contributed by atoms with Crippen molar-refractivity contribution < 1.29 is 28.0 Å². The van der Waals surface area contributed by atoms with Gasteiger partial charge < -0.3 is 19.5 Å². The molecule has 184 valence electrons. The highest BCUT2D eigenvalue weighted by molar-refractivity contribution is 7.84. The number of carbonyl (C=O) groups is 2. The summed E-state index contributed by atoms with van der Waals surface area (Å²) >= 11 is 0. The Morgan fingerprint density at radius 3 is 2.60 bits per heavy atom. The molecule has 0 spiro atoms. The Labute approximate surface area is 206 Å². The zero-order chi connectivity index (χ0) is 25.4. The second kappa shape index (κ2) is 12.1. The van der Waals surface area contributed by atoms with Crippen LogP contribution in [0, 0.1) is 6.92 Å². The first-order valence-electron chi connectivity index (χ1n) is 10.8. The molecule has 0 bridgehead atoms. The minimum absolute atomic E-state index is 0.00305. The number of methoxy groups -OCH3 is 2. The fourth-order valence-electron chi connectivity index (χ4n) is 3.26. The number of anilines is 1. The molecule has 0 saturated carbocycles. The lowest BCUT2D eigenvalue weighted by Gasteiger charge is -2.13. The van der Waals surface area contributed by atoms with Crippen molar-refractivity contribution in [2.75, 3.05) is 19.5 Å². The van der Waals surface area contributed by atoms with E-state index >= 15 is 0 Å². The predicted octanol–water partition coefficient (Wildman–Crippen LogP) is 3.82. The number of carbonyl (C=O) groups excluding carboxylic acids is 2. The number of nitrogens with one attached hydrogen (secondary N) is 1. The van der Waals surface area contributed by atoms with Crippen molar-refractivity contribution in [1.82, 2.24) is 9.97 Å². The summed E-state index contributed by atoms with van der Waals surface area (Å²) < 4.78 is 29.0. The molecule has 9 nitrogen and oxygen atoms in total. The predicted molar refractivity (Wildman–Crippen MR) is 131 cm³/mol. The SMILES string of the molecule is CCC(=O)OCc1cc(NC(=O)c2cccnc2S(=O)Cc2ccc(OC)cc2OC)cc(C)n1. The van der Waals surface area contributed by atoms with Crippen LogP contribution in [0.15, 0.2) is 53.7 Å². The molecule has 1 unspecified atom stereocenters. The molecular weight excluding hydrogens is 470 g/mol. The van der Waals surface area contributed by atoms with Crippen LogP contribution in [0.3, 0.4) is 0 Å². The second-order valence-corrected chi connectivity index (χ2v) is 8.85. The number of aromatic nitrogens is 2. The van der Waals surface area contributed by atoms with Gasteiger partial charge in [0.2, 0.25) is 0 Å². The molecule has 1 N–H and O–H groups in total. The van der Waals surface area contributed by atoms with Gasteiger partial charge in [0.05, 0.1) is 42.0 Å². The largest absolute Gasteiger partial charge is 0.497 e. The first-order valence-corrected chi connectivity index (χ1v) is 12.1. The Kier molecular flexibility index (Phi) is 8.91. The molecule has 0 aliphatic rings. The summed E-state index contributed by atoms with van der Waals surface area (Å²) in [6.45, 7) is 3.48. The lowest BCUT2D eigenvalue weighted by Crippen LogP contribution is -2.17. The third-order valence-corrected chi connectivity index (χ3v) is 6.28.